The molecule has 0 fully saturated rings. The van der Waals surface area contributed by atoms with E-state index in [2.05, 4.69) is 28.8 Å². The Labute approximate surface area is 207 Å². The van der Waals surface area contributed by atoms with Crippen LogP contribution >= 0.6 is 0 Å². The predicted octanol–water partition coefficient (Wildman–Crippen LogP) is 5.86. The predicted molar refractivity (Wildman–Crippen MR) is 136 cm³/mol. The monoisotopic (exact) mass is 549 g/mol. The molecule has 0 saturated heterocycles. The van der Waals surface area contributed by atoms with E-state index in [4.69, 9.17) is 0 Å². The van der Waals surface area contributed by atoms with Crippen molar-refractivity contribution in [1.29, 1.82) is 0 Å². The van der Waals surface area contributed by atoms with E-state index in [9.17, 15) is 10.2 Å². The molecule has 0 radical (unpaired) electrons. The molecular weight excluding hydrogens is 517 g/mol. The average Bonchev–Trinajstić information content (AvgIpc) is 2.84. The summed E-state index contributed by atoms with van der Waals surface area (Å²) < 4.78 is 3.25. The first-order valence-electron chi connectivity index (χ1n) is 11.4. The SMILES string of the molecule is CCC[CH2][Sn+2][CH2]CCC.[O-]c1ccccc1N=Cc1cccc(C=Nc2ccccc2[O-])n1. The third kappa shape index (κ3) is 10.7. The van der Waals surface area contributed by atoms with Gasteiger partial charge < -0.3 is 10.2 Å². The van der Waals surface area contributed by atoms with Crippen molar-refractivity contribution < 1.29 is 10.2 Å². The topological polar surface area (TPSA) is 83.7 Å². The van der Waals surface area contributed by atoms with E-state index in [0.29, 0.717) is 22.8 Å². The van der Waals surface area contributed by atoms with Crippen LogP contribution in [0.15, 0.2) is 76.7 Å². The van der Waals surface area contributed by atoms with Crippen molar-refractivity contribution in [1.82, 2.24) is 4.98 Å². The van der Waals surface area contributed by atoms with E-state index in [1.54, 1.807) is 57.4 Å². The molecule has 33 heavy (non-hydrogen) atoms. The number of benzene rings is 2. The van der Waals surface area contributed by atoms with E-state index in [-0.39, 0.29) is 32.6 Å². The van der Waals surface area contributed by atoms with Crippen LogP contribution in [0.25, 0.3) is 0 Å². The van der Waals surface area contributed by atoms with Gasteiger partial charge in [-0.05, 0) is 24.3 Å². The van der Waals surface area contributed by atoms with Crippen LogP contribution in [0, 0.1) is 0 Å². The molecule has 1 aromatic heterocycles. The molecule has 0 aliphatic carbocycles. The minimum Gasteiger partial charge on any atom is -0.871 e. The molecule has 6 heteroatoms. The van der Waals surface area contributed by atoms with Crippen LogP contribution in [0.2, 0.25) is 8.87 Å². The minimum absolute atomic E-state index is 0.140. The molecule has 1 heterocycles. The first kappa shape index (κ1) is 26.6. The molecule has 0 aliphatic heterocycles. The number of aliphatic imine (C=N–C) groups is 2. The quantitative estimate of drug-likeness (QED) is 0.181. The third-order valence-electron chi connectivity index (χ3n) is 4.61. The van der Waals surface area contributed by atoms with Crippen molar-refractivity contribution in [2.45, 2.75) is 48.4 Å². The zero-order valence-electron chi connectivity index (χ0n) is 19.4. The zero-order chi connectivity index (χ0) is 23.7. The molecular formula is C27H31N3O2Sn. The minimum atomic E-state index is -0.140. The summed E-state index contributed by atoms with van der Waals surface area (Å²) >= 11 is 0.149. The molecule has 0 atom stereocenters. The molecule has 0 bridgehead atoms. The van der Waals surface area contributed by atoms with E-state index in [0.717, 1.165) is 0 Å². The number of hydrogen-bond acceptors (Lipinski definition) is 5. The maximum absolute atomic E-state index is 11.6. The van der Waals surface area contributed by atoms with Crippen molar-refractivity contribution in [3.8, 4) is 11.5 Å². The van der Waals surface area contributed by atoms with Gasteiger partial charge in [-0.1, -0.05) is 54.0 Å². The Morgan fingerprint density at radius 2 is 1.15 bits per heavy atom. The maximum Gasteiger partial charge on any atom is 0.0820 e. The van der Waals surface area contributed by atoms with Gasteiger partial charge in [0.25, 0.3) is 0 Å². The molecule has 0 aliphatic rings. The van der Waals surface area contributed by atoms with E-state index in [1.165, 1.54) is 50.2 Å². The number of pyridine rings is 1. The van der Waals surface area contributed by atoms with Crippen molar-refractivity contribution in [2.75, 3.05) is 0 Å². The molecule has 0 unspecified atom stereocenters. The molecule has 170 valence electrons. The van der Waals surface area contributed by atoms with Gasteiger partial charge in [-0.3, -0.25) is 9.98 Å². The second kappa shape index (κ2) is 16.0. The molecule has 0 saturated carbocycles. The van der Waals surface area contributed by atoms with Gasteiger partial charge in [-0.15, -0.1) is 0 Å². The maximum atomic E-state index is 11.6. The summed E-state index contributed by atoms with van der Waals surface area (Å²) in [4.78, 5) is 12.7. The van der Waals surface area contributed by atoms with E-state index >= 15 is 0 Å². The van der Waals surface area contributed by atoms with Gasteiger partial charge in [0.05, 0.1) is 35.2 Å². The Bertz CT molecular complexity index is 945. The van der Waals surface area contributed by atoms with Gasteiger partial charge in [-0.2, -0.15) is 0 Å². The van der Waals surface area contributed by atoms with Gasteiger partial charge in [-0.25, -0.2) is 4.98 Å². The fraction of sp³-hybridized carbons (Fsp3) is 0.296. The van der Waals surface area contributed by atoms with Crippen LogP contribution in [0.4, 0.5) is 11.4 Å². The first-order valence-corrected chi connectivity index (χ1v) is 15.5. The van der Waals surface area contributed by atoms with Gasteiger partial charge >= 0.3 is 69.5 Å². The van der Waals surface area contributed by atoms with Crippen LogP contribution in [0.5, 0.6) is 11.5 Å². The summed E-state index contributed by atoms with van der Waals surface area (Å²) in [5.41, 5.74) is 1.91. The second-order valence-corrected chi connectivity index (χ2v) is 11.7. The van der Waals surface area contributed by atoms with Crippen LogP contribution < -0.4 is 10.2 Å². The number of aromatic nitrogens is 1. The van der Waals surface area contributed by atoms with Crippen molar-refractivity contribution in [3.05, 3.63) is 78.1 Å². The van der Waals surface area contributed by atoms with E-state index < -0.39 is 0 Å². The number of hydrogen-bond donors (Lipinski definition) is 0. The largest absolute Gasteiger partial charge is 0.871 e. The molecule has 2 aromatic carbocycles. The Hall–Kier alpha value is -2.67. The van der Waals surface area contributed by atoms with Gasteiger partial charge in [0.15, 0.2) is 0 Å². The molecule has 5 nitrogen and oxygen atoms in total. The summed E-state index contributed by atoms with van der Waals surface area (Å²) in [5, 5.41) is 23.2. The molecule has 0 N–H and O–H groups in total. The zero-order valence-corrected chi connectivity index (χ0v) is 22.3. The summed E-state index contributed by atoms with van der Waals surface area (Å²) in [6.07, 6.45) is 8.89. The summed E-state index contributed by atoms with van der Waals surface area (Å²) in [6, 6.07) is 18.4. The van der Waals surface area contributed by atoms with Gasteiger partial charge in [0.2, 0.25) is 0 Å². The molecule has 0 spiro atoms. The number of unbranched alkanes of at least 4 members (excludes halogenated alkanes) is 2. The molecule has 3 rings (SSSR count). The third-order valence-corrected chi connectivity index (χ3v) is 8.65. The van der Waals surface area contributed by atoms with Crippen molar-refractivity contribution >= 4 is 44.9 Å². The number of nitrogens with zero attached hydrogens (tertiary/aromatic N) is 3. The second-order valence-electron chi connectivity index (χ2n) is 7.40. The van der Waals surface area contributed by atoms with Crippen molar-refractivity contribution in [3.63, 3.8) is 0 Å². The number of para-hydroxylation sites is 4. The summed E-state index contributed by atoms with van der Waals surface area (Å²) in [6.45, 7) is 4.58. The fourth-order valence-corrected chi connectivity index (χ4v) is 6.90. The average molecular weight is 548 g/mol. The normalized spacial score (nSPS) is 10.7. The fourth-order valence-electron chi connectivity index (χ4n) is 2.74. The smallest absolute Gasteiger partial charge is 0.0820 e. The summed E-state index contributed by atoms with van der Waals surface area (Å²) in [5.74, 6) is -0.281. The summed E-state index contributed by atoms with van der Waals surface area (Å²) in [7, 11) is 0. The Morgan fingerprint density at radius 3 is 1.58 bits per heavy atom. The number of rotatable bonds is 10. The standard InChI is InChI=1S/C19H15N3O2.2C4H9.Sn/c23-18-10-3-1-8-16(18)20-12-14-6-5-7-15(22-14)13-21-17-9-2-4-11-19(17)24;2*1-3-4-2;/h1-13,23-24H;2*1,3-4H2,2H3;/q;;;+2/p-2. The molecule has 3 aromatic rings. The molecule has 0 amide bonds. The van der Waals surface area contributed by atoms with E-state index in [1.807, 2.05) is 6.07 Å². The van der Waals surface area contributed by atoms with Gasteiger partial charge in [0.1, 0.15) is 0 Å². The van der Waals surface area contributed by atoms with Crippen LogP contribution in [-0.4, -0.2) is 38.6 Å². The van der Waals surface area contributed by atoms with Crippen LogP contribution in [0.1, 0.15) is 50.9 Å². The van der Waals surface area contributed by atoms with Crippen molar-refractivity contribution in [2.24, 2.45) is 9.98 Å². The van der Waals surface area contributed by atoms with Crippen LogP contribution in [0.3, 0.4) is 0 Å². The first-order chi connectivity index (χ1) is 16.1. The van der Waals surface area contributed by atoms with Gasteiger partial charge in [0, 0.05) is 0 Å². The van der Waals surface area contributed by atoms with Crippen LogP contribution in [-0.2, 0) is 0 Å². The Morgan fingerprint density at radius 1 is 0.697 bits per heavy atom. The Kier molecular flexibility index (Phi) is 12.9. The Balaban J connectivity index is 0.000000365.